The number of nitrogens with zero attached hydrogens (tertiary/aromatic N) is 1. The average molecular weight is 333 g/mol. The van der Waals surface area contributed by atoms with Crippen LogP contribution in [0, 0.1) is 5.41 Å². The molecule has 1 unspecified atom stereocenters. The first-order valence-corrected chi connectivity index (χ1v) is 9.18. The topological polar surface area (TPSA) is 101 Å². The van der Waals surface area contributed by atoms with Gasteiger partial charge in [-0.05, 0) is 45.4 Å². The van der Waals surface area contributed by atoms with Gasteiger partial charge in [0, 0.05) is 6.54 Å². The lowest BCUT2D eigenvalue weighted by Gasteiger charge is -2.33. The lowest BCUT2D eigenvalue weighted by molar-refractivity contribution is -0.142. The summed E-state index contributed by atoms with van der Waals surface area (Å²) in [6, 6.07) is -0.948. The number of carboxylic acids is 1. The van der Waals surface area contributed by atoms with Crippen LogP contribution in [0.3, 0.4) is 0 Å². The van der Waals surface area contributed by atoms with Gasteiger partial charge in [0.25, 0.3) is 0 Å². The molecule has 0 aromatic rings. The first-order chi connectivity index (χ1) is 9.93. The number of carboxylic acid groups (broad SMARTS) is 1. The molecule has 126 valence electrons. The Kier molecular flexibility index (Phi) is 4.18. The second-order valence-electron chi connectivity index (χ2n) is 7.32. The van der Waals surface area contributed by atoms with Gasteiger partial charge in [-0.3, -0.25) is 4.90 Å². The summed E-state index contributed by atoms with van der Waals surface area (Å²) in [5.41, 5.74) is -1.13. The summed E-state index contributed by atoms with van der Waals surface area (Å²) in [7, 11) is -3.03. The molecule has 0 aromatic heterocycles. The maximum Gasteiger partial charge on any atom is 0.411 e. The number of sulfone groups is 1. The van der Waals surface area contributed by atoms with Crippen LogP contribution in [-0.4, -0.2) is 60.2 Å². The summed E-state index contributed by atoms with van der Waals surface area (Å²) < 4.78 is 28.5. The summed E-state index contributed by atoms with van der Waals surface area (Å²) >= 11 is 0. The van der Waals surface area contributed by atoms with Gasteiger partial charge in [-0.2, -0.15) is 0 Å². The molecule has 0 aromatic carbocycles. The van der Waals surface area contributed by atoms with Crippen molar-refractivity contribution in [3.8, 4) is 0 Å². The molecule has 2 heterocycles. The monoisotopic (exact) mass is 333 g/mol. The third-order valence-electron chi connectivity index (χ3n) is 4.31. The molecule has 0 saturated carbocycles. The Balaban J connectivity index is 2.17. The third-order valence-corrected chi connectivity index (χ3v) is 5.96. The Hall–Kier alpha value is -1.31. The van der Waals surface area contributed by atoms with Crippen LogP contribution in [0.1, 0.15) is 40.0 Å². The fourth-order valence-electron chi connectivity index (χ4n) is 3.12. The molecule has 7 nitrogen and oxygen atoms in total. The van der Waals surface area contributed by atoms with Crippen molar-refractivity contribution < 1.29 is 27.9 Å². The number of carbonyl (C=O) groups excluding carboxylic acids is 1. The molecule has 22 heavy (non-hydrogen) atoms. The van der Waals surface area contributed by atoms with Crippen molar-refractivity contribution in [3.05, 3.63) is 0 Å². The van der Waals surface area contributed by atoms with Crippen LogP contribution in [0.4, 0.5) is 4.79 Å². The summed E-state index contributed by atoms with van der Waals surface area (Å²) in [5.74, 6) is -0.959. The predicted octanol–water partition coefficient (Wildman–Crippen LogP) is 1.28. The minimum atomic E-state index is -3.03. The van der Waals surface area contributed by atoms with E-state index in [9.17, 15) is 23.1 Å². The number of hydrogen-bond acceptors (Lipinski definition) is 5. The third kappa shape index (κ3) is 3.71. The molecule has 2 saturated heterocycles. The standard InChI is InChI=1S/C14H23NO6S/c1-13(2,3)21-12(18)15-9-14(8-10(15)11(16)17)4-6-22(19,20)7-5-14/h10H,4-9H2,1-3H3,(H,16,17). The van der Waals surface area contributed by atoms with E-state index in [0.29, 0.717) is 12.8 Å². The molecule has 2 rings (SSSR count). The Labute approximate surface area is 130 Å². The first-order valence-electron chi connectivity index (χ1n) is 7.36. The lowest BCUT2D eigenvalue weighted by Crippen LogP contribution is -2.44. The van der Waals surface area contributed by atoms with Crippen LogP contribution in [0.2, 0.25) is 0 Å². The van der Waals surface area contributed by atoms with Crippen molar-refractivity contribution >= 4 is 21.9 Å². The molecule has 0 radical (unpaired) electrons. The van der Waals surface area contributed by atoms with E-state index in [1.165, 1.54) is 4.90 Å². The van der Waals surface area contributed by atoms with Gasteiger partial charge in [0.15, 0.2) is 0 Å². The highest BCUT2D eigenvalue weighted by Gasteiger charge is 2.51. The molecular formula is C14H23NO6S. The molecule has 1 N–H and O–H groups in total. The van der Waals surface area contributed by atoms with Crippen LogP contribution in [0.25, 0.3) is 0 Å². The SMILES string of the molecule is CC(C)(C)OC(=O)N1CC2(CCS(=O)(=O)CC2)CC1C(=O)O. The zero-order chi connectivity index (χ0) is 16.8. The number of aliphatic carboxylic acids is 1. The molecule has 8 heteroatoms. The highest BCUT2D eigenvalue weighted by atomic mass is 32.2. The highest BCUT2D eigenvalue weighted by molar-refractivity contribution is 7.91. The summed E-state index contributed by atoms with van der Waals surface area (Å²) in [6.07, 6.45) is 0.443. The van der Waals surface area contributed by atoms with Crippen molar-refractivity contribution in [2.45, 2.75) is 51.7 Å². The quantitative estimate of drug-likeness (QED) is 0.775. The number of ether oxygens (including phenoxy) is 1. The zero-order valence-corrected chi connectivity index (χ0v) is 14.0. The van der Waals surface area contributed by atoms with Crippen LogP contribution in [-0.2, 0) is 19.4 Å². The summed E-state index contributed by atoms with van der Waals surface area (Å²) in [6.45, 7) is 5.41. The molecule has 1 spiro atoms. The van der Waals surface area contributed by atoms with Crippen LogP contribution < -0.4 is 0 Å². The Morgan fingerprint density at radius 2 is 1.77 bits per heavy atom. The Bertz CT molecular complexity index is 563. The molecule has 0 aliphatic carbocycles. The average Bonchev–Trinajstić information content (AvgIpc) is 2.72. The van der Waals surface area contributed by atoms with Crippen molar-refractivity contribution in [1.82, 2.24) is 4.90 Å². The van der Waals surface area contributed by atoms with E-state index in [-0.39, 0.29) is 24.5 Å². The van der Waals surface area contributed by atoms with Gasteiger partial charge in [0.1, 0.15) is 21.5 Å². The number of rotatable bonds is 1. The fraction of sp³-hybridized carbons (Fsp3) is 0.857. The number of likely N-dealkylation sites (tertiary alicyclic amines) is 1. The molecule has 2 aliphatic rings. The van der Waals surface area contributed by atoms with Gasteiger partial charge in [-0.25, -0.2) is 18.0 Å². The molecule has 0 bridgehead atoms. The van der Waals surface area contributed by atoms with E-state index in [1.54, 1.807) is 20.8 Å². The Morgan fingerprint density at radius 3 is 2.23 bits per heavy atom. The van der Waals surface area contributed by atoms with Crippen LogP contribution in [0.5, 0.6) is 0 Å². The lowest BCUT2D eigenvalue weighted by atomic mass is 9.80. The van der Waals surface area contributed by atoms with E-state index in [0.717, 1.165) is 0 Å². The first kappa shape index (κ1) is 17.1. The largest absolute Gasteiger partial charge is 0.480 e. The highest BCUT2D eigenvalue weighted by Crippen LogP contribution is 2.44. The summed E-state index contributed by atoms with van der Waals surface area (Å²) in [5, 5.41) is 9.38. The van der Waals surface area contributed by atoms with Gasteiger partial charge >= 0.3 is 12.1 Å². The van der Waals surface area contributed by atoms with E-state index in [4.69, 9.17) is 4.74 Å². The van der Waals surface area contributed by atoms with Gasteiger partial charge in [-0.15, -0.1) is 0 Å². The van der Waals surface area contributed by atoms with E-state index in [1.807, 2.05) is 0 Å². The van der Waals surface area contributed by atoms with Gasteiger partial charge in [-0.1, -0.05) is 0 Å². The smallest absolute Gasteiger partial charge is 0.411 e. The maximum absolute atomic E-state index is 12.3. The van der Waals surface area contributed by atoms with E-state index in [2.05, 4.69) is 0 Å². The van der Waals surface area contributed by atoms with Crippen molar-refractivity contribution in [2.24, 2.45) is 5.41 Å². The van der Waals surface area contributed by atoms with Crippen LogP contribution in [0.15, 0.2) is 0 Å². The normalized spacial score (nSPS) is 26.9. The number of carbonyl (C=O) groups is 2. The van der Waals surface area contributed by atoms with Gasteiger partial charge < -0.3 is 9.84 Å². The van der Waals surface area contributed by atoms with Crippen LogP contribution >= 0.6 is 0 Å². The fourth-order valence-corrected chi connectivity index (χ4v) is 4.81. The zero-order valence-electron chi connectivity index (χ0n) is 13.2. The predicted molar refractivity (Wildman–Crippen MR) is 79.3 cm³/mol. The number of amides is 1. The minimum absolute atomic E-state index is 0.0570. The van der Waals surface area contributed by atoms with Crippen molar-refractivity contribution in [2.75, 3.05) is 18.1 Å². The second-order valence-corrected chi connectivity index (χ2v) is 9.62. The minimum Gasteiger partial charge on any atom is -0.480 e. The molecule has 2 fully saturated rings. The summed E-state index contributed by atoms with van der Waals surface area (Å²) in [4.78, 5) is 25.0. The van der Waals surface area contributed by atoms with Crippen molar-refractivity contribution in [3.63, 3.8) is 0 Å². The van der Waals surface area contributed by atoms with Crippen molar-refractivity contribution in [1.29, 1.82) is 0 Å². The molecule has 1 atom stereocenters. The maximum atomic E-state index is 12.3. The molecule has 2 aliphatic heterocycles. The second kappa shape index (κ2) is 5.40. The Morgan fingerprint density at radius 1 is 1.23 bits per heavy atom. The molecule has 1 amide bonds. The van der Waals surface area contributed by atoms with E-state index >= 15 is 0 Å². The van der Waals surface area contributed by atoms with E-state index < -0.39 is 39.0 Å². The van der Waals surface area contributed by atoms with Gasteiger partial charge in [0.2, 0.25) is 0 Å². The molecular weight excluding hydrogens is 310 g/mol. The number of hydrogen-bond donors (Lipinski definition) is 1. The van der Waals surface area contributed by atoms with Gasteiger partial charge in [0.05, 0.1) is 11.5 Å².